The third-order valence-corrected chi connectivity index (χ3v) is 4.31. The summed E-state index contributed by atoms with van der Waals surface area (Å²) < 4.78 is 9.73. The van der Waals surface area contributed by atoms with E-state index in [4.69, 9.17) is 4.42 Å². The van der Waals surface area contributed by atoms with Crippen molar-refractivity contribution >= 4 is 29.7 Å². The molecule has 20 heavy (non-hydrogen) atoms. The van der Waals surface area contributed by atoms with Crippen molar-refractivity contribution in [1.29, 1.82) is 0 Å². The van der Waals surface area contributed by atoms with Crippen molar-refractivity contribution in [3.8, 4) is 0 Å². The van der Waals surface area contributed by atoms with Gasteiger partial charge in [-0.15, -0.1) is 11.8 Å². The zero-order valence-corrected chi connectivity index (χ0v) is 12.1. The number of amides is 1. The van der Waals surface area contributed by atoms with Gasteiger partial charge in [0.05, 0.1) is 19.1 Å². The van der Waals surface area contributed by atoms with E-state index in [1.165, 1.54) is 13.2 Å². The van der Waals surface area contributed by atoms with Gasteiger partial charge in [-0.2, -0.15) is 0 Å². The van der Waals surface area contributed by atoms with E-state index in [-0.39, 0.29) is 11.9 Å². The minimum absolute atomic E-state index is 0.0254. The summed E-state index contributed by atoms with van der Waals surface area (Å²) in [7, 11) is 1.38. The normalized spacial score (nSPS) is 18.6. The maximum atomic E-state index is 12.0. The lowest BCUT2D eigenvalue weighted by Gasteiger charge is -2.13. The van der Waals surface area contributed by atoms with Gasteiger partial charge in [0.2, 0.25) is 5.91 Å². The van der Waals surface area contributed by atoms with Crippen molar-refractivity contribution in [2.75, 3.05) is 26.0 Å². The van der Waals surface area contributed by atoms with E-state index in [0.29, 0.717) is 23.3 Å². The molecule has 0 bridgehead atoms. The summed E-state index contributed by atoms with van der Waals surface area (Å²) in [6.45, 7) is 1.39. The van der Waals surface area contributed by atoms with Crippen LogP contribution < -0.4 is 0 Å². The zero-order chi connectivity index (χ0) is 14.4. The maximum absolute atomic E-state index is 12.0. The second kappa shape index (κ2) is 7.19. The fourth-order valence-corrected chi connectivity index (χ4v) is 3.00. The topological polar surface area (TPSA) is 59.8 Å². The van der Waals surface area contributed by atoms with Crippen molar-refractivity contribution < 1.29 is 18.7 Å². The molecule has 0 radical (unpaired) electrons. The number of likely N-dealkylation sites (tertiary alicyclic amines) is 1. The molecule has 0 aliphatic carbocycles. The van der Waals surface area contributed by atoms with Crippen LogP contribution in [0.2, 0.25) is 0 Å². The van der Waals surface area contributed by atoms with Crippen LogP contribution in [-0.2, 0) is 14.3 Å². The first-order valence-electron chi connectivity index (χ1n) is 6.38. The monoisotopic (exact) mass is 295 g/mol. The van der Waals surface area contributed by atoms with Crippen LogP contribution in [0.3, 0.4) is 0 Å². The molecular formula is C14H17NO4S. The highest BCUT2D eigenvalue weighted by Crippen LogP contribution is 2.23. The Bertz CT molecular complexity index is 483. The lowest BCUT2D eigenvalue weighted by molar-refractivity contribution is -0.137. The number of methoxy groups -OCH3 is 1. The summed E-state index contributed by atoms with van der Waals surface area (Å²) in [5.41, 5.74) is 0. The number of esters is 1. The molecule has 1 aliphatic rings. The first-order chi connectivity index (χ1) is 9.69. The lowest BCUT2D eigenvalue weighted by atomic mass is 10.3. The molecule has 1 aromatic heterocycles. The van der Waals surface area contributed by atoms with Crippen molar-refractivity contribution in [2.45, 2.75) is 11.7 Å². The highest BCUT2D eigenvalue weighted by molar-refractivity contribution is 8.00. The molecule has 5 nitrogen and oxygen atoms in total. The van der Waals surface area contributed by atoms with E-state index in [1.54, 1.807) is 41.1 Å². The Morgan fingerprint density at radius 3 is 3.15 bits per heavy atom. The van der Waals surface area contributed by atoms with Crippen molar-refractivity contribution in [3.63, 3.8) is 0 Å². The molecule has 108 valence electrons. The summed E-state index contributed by atoms with van der Waals surface area (Å²) in [4.78, 5) is 24.8. The van der Waals surface area contributed by atoms with Crippen LogP contribution in [0.1, 0.15) is 12.2 Å². The number of hydrogen-bond acceptors (Lipinski definition) is 5. The summed E-state index contributed by atoms with van der Waals surface area (Å²) in [6, 6.07) is 3.57. The molecular weight excluding hydrogens is 278 g/mol. The molecule has 0 unspecified atom stereocenters. The first kappa shape index (κ1) is 14.7. The fourth-order valence-electron chi connectivity index (χ4n) is 1.95. The van der Waals surface area contributed by atoms with Gasteiger partial charge in [0.25, 0.3) is 0 Å². The van der Waals surface area contributed by atoms with Gasteiger partial charge in [-0.3, -0.25) is 9.59 Å². The van der Waals surface area contributed by atoms with E-state index in [1.807, 2.05) is 0 Å². The molecule has 6 heteroatoms. The van der Waals surface area contributed by atoms with Gasteiger partial charge in [-0.05, 0) is 24.6 Å². The van der Waals surface area contributed by atoms with Gasteiger partial charge < -0.3 is 14.1 Å². The Morgan fingerprint density at radius 1 is 1.60 bits per heavy atom. The minimum Gasteiger partial charge on any atom is -0.468 e. The van der Waals surface area contributed by atoms with E-state index in [2.05, 4.69) is 4.74 Å². The van der Waals surface area contributed by atoms with Crippen molar-refractivity contribution in [1.82, 2.24) is 4.90 Å². The standard InChI is InChI=1S/C14H17NO4S/c1-18-14(17)10-20-12-6-7-15(9-12)13(16)5-4-11-3-2-8-19-11/h2-5,8,12H,6-7,9-10H2,1H3/b5-4+/t12-/m0/s1. The quantitative estimate of drug-likeness (QED) is 0.612. The number of ether oxygens (including phenoxy) is 1. The molecule has 1 fully saturated rings. The number of hydrogen-bond donors (Lipinski definition) is 0. The van der Waals surface area contributed by atoms with Gasteiger partial charge in [-0.25, -0.2) is 0 Å². The molecule has 0 N–H and O–H groups in total. The third-order valence-electron chi connectivity index (χ3n) is 3.05. The summed E-state index contributed by atoms with van der Waals surface area (Å²) in [5, 5.41) is 0.301. The van der Waals surface area contributed by atoms with Crippen LogP contribution in [0.15, 0.2) is 28.9 Å². The number of carbonyl (C=O) groups is 2. The molecule has 1 saturated heterocycles. The molecule has 2 rings (SSSR count). The predicted octanol–water partition coefficient (Wildman–Crippen LogP) is 1.80. The zero-order valence-electron chi connectivity index (χ0n) is 11.3. The number of rotatable bonds is 5. The van der Waals surface area contributed by atoms with E-state index < -0.39 is 0 Å². The van der Waals surface area contributed by atoms with E-state index in [0.717, 1.165) is 13.0 Å². The number of furan rings is 1. The van der Waals surface area contributed by atoms with Crippen molar-refractivity contribution in [2.24, 2.45) is 0 Å². The second-order valence-corrected chi connectivity index (χ2v) is 5.72. The molecule has 0 spiro atoms. The lowest BCUT2D eigenvalue weighted by Crippen LogP contribution is -2.27. The Labute approximate surface area is 121 Å². The predicted molar refractivity (Wildman–Crippen MR) is 77.2 cm³/mol. The number of nitrogens with zero attached hydrogens (tertiary/aromatic N) is 1. The van der Waals surface area contributed by atoms with Gasteiger partial charge in [0.15, 0.2) is 0 Å². The van der Waals surface area contributed by atoms with Gasteiger partial charge >= 0.3 is 5.97 Å². The average molecular weight is 295 g/mol. The number of carbonyl (C=O) groups excluding carboxylic acids is 2. The highest BCUT2D eigenvalue weighted by Gasteiger charge is 2.25. The SMILES string of the molecule is COC(=O)CS[C@H]1CCN(C(=O)/C=C/c2ccco2)C1. The Balaban J connectivity index is 1.77. The summed E-state index contributed by atoms with van der Waals surface area (Å²) in [6.07, 6.45) is 5.66. The summed E-state index contributed by atoms with van der Waals surface area (Å²) in [5.74, 6) is 0.750. The first-order valence-corrected chi connectivity index (χ1v) is 7.43. The Hall–Kier alpha value is -1.69. The highest BCUT2D eigenvalue weighted by atomic mass is 32.2. The molecule has 1 atom stereocenters. The Morgan fingerprint density at radius 2 is 2.45 bits per heavy atom. The molecule has 0 saturated carbocycles. The number of thioether (sulfide) groups is 1. The molecule has 0 aromatic carbocycles. The molecule has 2 heterocycles. The van der Waals surface area contributed by atoms with Crippen LogP contribution in [0.5, 0.6) is 0 Å². The van der Waals surface area contributed by atoms with Crippen LogP contribution in [0, 0.1) is 0 Å². The van der Waals surface area contributed by atoms with Crippen LogP contribution in [0.25, 0.3) is 6.08 Å². The fraction of sp³-hybridized carbons (Fsp3) is 0.429. The minimum atomic E-state index is -0.225. The Kier molecular flexibility index (Phi) is 5.29. The van der Waals surface area contributed by atoms with E-state index in [9.17, 15) is 9.59 Å². The van der Waals surface area contributed by atoms with E-state index >= 15 is 0 Å². The van der Waals surface area contributed by atoms with Crippen molar-refractivity contribution in [3.05, 3.63) is 30.2 Å². The van der Waals surface area contributed by atoms with Gasteiger partial charge in [-0.1, -0.05) is 0 Å². The van der Waals surface area contributed by atoms with Gasteiger partial charge in [0, 0.05) is 24.4 Å². The van der Waals surface area contributed by atoms with Crippen LogP contribution in [-0.4, -0.2) is 48.0 Å². The molecule has 1 aromatic rings. The van der Waals surface area contributed by atoms with Crippen LogP contribution in [0.4, 0.5) is 0 Å². The van der Waals surface area contributed by atoms with Crippen LogP contribution >= 0.6 is 11.8 Å². The smallest absolute Gasteiger partial charge is 0.315 e. The third kappa shape index (κ3) is 4.16. The molecule has 1 aliphatic heterocycles. The molecule has 1 amide bonds. The summed E-state index contributed by atoms with van der Waals surface area (Å²) >= 11 is 1.54. The average Bonchev–Trinajstić information content (AvgIpc) is 3.13. The maximum Gasteiger partial charge on any atom is 0.315 e. The second-order valence-electron chi connectivity index (χ2n) is 4.43. The van der Waals surface area contributed by atoms with Gasteiger partial charge in [0.1, 0.15) is 5.76 Å². The largest absolute Gasteiger partial charge is 0.468 e.